The topological polar surface area (TPSA) is 61.3 Å². The highest BCUT2D eigenvalue weighted by molar-refractivity contribution is 5.41. The third kappa shape index (κ3) is 2.15. The minimum atomic E-state index is 0.449. The van der Waals surface area contributed by atoms with Gasteiger partial charge in [-0.1, -0.05) is 18.5 Å². The molecule has 0 bridgehead atoms. The Hall–Kier alpha value is -1.03. The number of rotatable bonds is 3. The summed E-state index contributed by atoms with van der Waals surface area (Å²) in [6.45, 7) is 3.77. The lowest BCUT2D eigenvalue weighted by atomic mass is 9.93. The van der Waals surface area contributed by atoms with E-state index in [0.29, 0.717) is 11.7 Å². The molecule has 0 amide bonds. The van der Waals surface area contributed by atoms with Gasteiger partial charge < -0.3 is 15.0 Å². The molecule has 0 aromatic carbocycles. The normalized spacial score (nSPS) is 18.2. The fourth-order valence-electron chi connectivity index (χ4n) is 2.12. The van der Waals surface area contributed by atoms with Gasteiger partial charge in [0.15, 0.2) is 5.82 Å². The Balaban J connectivity index is 2.18. The monoisotopic (exact) mass is 210 g/mol. The van der Waals surface area contributed by atoms with Gasteiger partial charge in [0.25, 0.3) is 0 Å². The number of ether oxygens (including phenoxy) is 1. The van der Waals surface area contributed by atoms with Crippen molar-refractivity contribution in [1.82, 2.24) is 5.16 Å². The quantitative estimate of drug-likeness (QED) is 0.830. The number of aromatic nitrogens is 1. The number of hydrogen-bond donors (Lipinski definition) is 1. The van der Waals surface area contributed by atoms with E-state index >= 15 is 0 Å². The molecule has 2 heterocycles. The standard InChI is InChI=1S/C11H18N2O2/c1-2-3-9-10(15-13-11(9)12)8-4-6-14-7-5-8/h8H,2-7H2,1H3,(H2,12,13). The van der Waals surface area contributed by atoms with Crippen LogP contribution >= 0.6 is 0 Å². The van der Waals surface area contributed by atoms with Crippen molar-refractivity contribution in [2.75, 3.05) is 18.9 Å². The maximum Gasteiger partial charge on any atom is 0.170 e. The summed E-state index contributed by atoms with van der Waals surface area (Å²) in [6, 6.07) is 0. The first-order valence-corrected chi connectivity index (χ1v) is 5.64. The van der Waals surface area contributed by atoms with Crippen LogP contribution in [0.2, 0.25) is 0 Å². The molecule has 1 aromatic rings. The summed E-state index contributed by atoms with van der Waals surface area (Å²) < 4.78 is 10.7. The predicted molar refractivity (Wildman–Crippen MR) is 57.7 cm³/mol. The Morgan fingerprint density at radius 2 is 2.13 bits per heavy atom. The zero-order chi connectivity index (χ0) is 10.7. The SMILES string of the molecule is CCCc1c(N)noc1C1CCOCC1. The van der Waals surface area contributed by atoms with Gasteiger partial charge in [0.1, 0.15) is 5.76 Å². The van der Waals surface area contributed by atoms with Crippen LogP contribution in [-0.2, 0) is 11.2 Å². The Labute approximate surface area is 89.8 Å². The molecule has 0 radical (unpaired) electrons. The van der Waals surface area contributed by atoms with E-state index in [0.717, 1.165) is 50.2 Å². The van der Waals surface area contributed by atoms with Gasteiger partial charge in [-0.05, 0) is 19.3 Å². The zero-order valence-corrected chi connectivity index (χ0v) is 9.16. The van der Waals surface area contributed by atoms with E-state index in [-0.39, 0.29) is 0 Å². The first kappa shape index (κ1) is 10.5. The molecule has 84 valence electrons. The molecule has 0 aliphatic carbocycles. The lowest BCUT2D eigenvalue weighted by Gasteiger charge is -2.20. The molecule has 2 N–H and O–H groups in total. The fraction of sp³-hybridized carbons (Fsp3) is 0.727. The van der Waals surface area contributed by atoms with Crippen LogP contribution in [0.25, 0.3) is 0 Å². The number of nitrogens with two attached hydrogens (primary N) is 1. The smallest absolute Gasteiger partial charge is 0.170 e. The maximum atomic E-state index is 5.80. The summed E-state index contributed by atoms with van der Waals surface area (Å²) in [5.74, 6) is 2.01. The second kappa shape index (κ2) is 4.66. The maximum absolute atomic E-state index is 5.80. The van der Waals surface area contributed by atoms with Crippen molar-refractivity contribution >= 4 is 5.82 Å². The van der Waals surface area contributed by atoms with E-state index in [1.165, 1.54) is 0 Å². The second-order valence-corrected chi connectivity index (χ2v) is 4.05. The third-order valence-electron chi connectivity index (χ3n) is 2.94. The molecule has 1 saturated heterocycles. The average Bonchev–Trinajstić information content (AvgIpc) is 2.63. The van der Waals surface area contributed by atoms with Crippen LogP contribution in [0.1, 0.15) is 43.4 Å². The summed E-state index contributed by atoms with van der Waals surface area (Å²) >= 11 is 0. The van der Waals surface area contributed by atoms with Crippen molar-refractivity contribution < 1.29 is 9.26 Å². The average molecular weight is 210 g/mol. The van der Waals surface area contributed by atoms with Crippen LogP contribution in [0.3, 0.4) is 0 Å². The van der Waals surface area contributed by atoms with E-state index in [1.807, 2.05) is 0 Å². The van der Waals surface area contributed by atoms with Gasteiger partial charge in [-0.25, -0.2) is 0 Å². The molecular formula is C11H18N2O2. The molecule has 1 aliphatic heterocycles. The highest BCUT2D eigenvalue weighted by atomic mass is 16.5. The summed E-state index contributed by atoms with van der Waals surface area (Å²) in [7, 11) is 0. The van der Waals surface area contributed by atoms with E-state index in [1.54, 1.807) is 0 Å². The molecule has 1 aliphatic rings. The molecule has 1 aromatic heterocycles. The van der Waals surface area contributed by atoms with Gasteiger partial charge in [-0.2, -0.15) is 0 Å². The predicted octanol–water partition coefficient (Wildman–Crippen LogP) is 2.10. The molecule has 0 unspecified atom stereocenters. The van der Waals surface area contributed by atoms with Gasteiger partial charge >= 0.3 is 0 Å². The molecule has 1 fully saturated rings. The minimum absolute atomic E-state index is 0.449. The lowest BCUT2D eigenvalue weighted by molar-refractivity contribution is 0.0788. The number of nitrogens with zero attached hydrogens (tertiary/aromatic N) is 1. The molecule has 4 heteroatoms. The van der Waals surface area contributed by atoms with Crippen molar-refractivity contribution in [2.24, 2.45) is 0 Å². The first-order valence-electron chi connectivity index (χ1n) is 5.64. The first-order chi connectivity index (χ1) is 7.33. The Morgan fingerprint density at radius 3 is 2.80 bits per heavy atom. The lowest BCUT2D eigenvalue weighted by Crippen LogP contribution is -2.14. The van der Waals surface area contributed by atoms with Gasteiger partial charge in [-0.15, -0.1) is 0 Å². The van der Waals surface area contributed by atoms with Crippen molar-refractivity contribution in [2.45, 2.75) is 38.5 Å². The Morgan fingerprint density at radius 1 is 1.40 bits per heavy atom. The molecule has 2 rings (SSSR count). The van der Waals surface area contributed by atoms with Gasteiger partial charge in [0.2, 0.25) is 0 Å². The van der Waals surface area contributed by atoms with Crippen molar-refractivity contribution in [1.29, 1.82) is 0 Å². The van der Waals surface area contributed by atoms with Crippen LogP contribution in [0.4, 0.5) is 5.82 Å². The van der Waals surface area contributed by atoms with Crippen LogP contribution in [0, 0.1) is 0 Å². The zero-order valence-electron chi connectivity index (χ0n) is 9.16. The van der Waals surface area contributed by atoms with Crippen molar-refractivity contribution in [3.8, 4) is 0 Å². The van der Waals surface area contributed by atoms with Gasteiger partial charge in [-0.3, -0.25) is 0 Å². The highest BCUT2D eigenvalue weighted by Gasteiger charge is 2.24. The van der Waals surface area contributed by atoms with Crippen LogP contribution in [0.5, 0.6) is 0 Å². The van der Waals surface area contributed by atoms with E-state index in [9.17, 15) is 0 Å². The Bertz CT molecular complexity index is 316. The third-order valence-corrected chi connectivity index (χ3v) is 2.94. The molecule has 0 spiro atoms. The van der Waals surface area contributed by atoms with Crippen LogP contribution < -0.4 is 5.73 Å². The number of anilines is 1. The molecule has 0 atom stereocenters. The largest absolute Gasteiger partial charge is 0.381 e. The summed E-state index contributed by atoms with van der Waals surface area (Å²) in [5, 5.41) is 3.87. The van der Waals surface area contributed by atoms with Gasteiger partial charge in [0, 0.05) is 24.7 Å². The molecule has 0 saturated carbocycles. The highest BCUT2D eigenvalue weighted by Crippen LogP contribution is 2.32. The minimum Gasteiger partial charge on any atom is -0.381 e. The van der Waals surface area contributed by atoms with E-state index in [2.05, 4.69) is 12.1 Å². The fourth-order valence-corrected chi connectivity index (χ4v) is 2.12. The number of hydrogen-bond acceptors (Lipinski definition) is 4. The van der Waals surface area contributed by atoms with Gasteiger partial charge in [0.05, 0.1) is 0 Å². The molecule has 4 nitrogen and oxygen atoms in total. The van der Waals surface area contributed by atoms with E-state index in [4.69, 9.17) is 15.0 Å². The summed E-state index contributed by atoms with van der Waals surface area (Å²) in [6.07, 6.45) is 4.07. The second-order valence-electron chi connectivity index (χ2n) is 4.05. The van der Waals surface area contributed by atoms with Crippen LogP contribution in [-0.4, -0.2) is 18.4 Å². The van der Waals surface area contributed by atoms with Crippen LogP contribution in [0.15, 0.2) is 4.52 Å². The van der Waals surface area contributed by atoms with E-state index < -0.39 is 0 Å². The number of nitrogen functional groups attached to an aromatic ring is 1. The molecule has 15 heavy (non-hydrogen) atoms. The summed E-state index contributed by atoms with van der Waals surface area (Å²) in [4.78, 5) is 0. The molecular weight excluding hydrogens is 192 g/mol. The van der Waals surface area contributed by atoms with Crippen molar-refractivity contribution in [3.05, 3.63) is 11.3 Å². The van der Waals surface area contributed by atoms with Crippen molar-refractivity contribution in [3.63, 3.8) is 0 Å². The Kier molecular flexibility index (Phi) is 3.26. The summed E-state index contributed by atoms with van der Waals surface area (Å²) in [5.41, 5.74) is 6.91.